The normalized spacial score (nSPS) is 19.2. The van der Waals surface area contributed by atoms with Crippen molar-refractivity contribution in [3.05, 3.63) is 0 Å². The first-order valence-electron chi connectivity index (χ1n) is 2.41. The van der Waals surface area contributed by atoms with Crippen LogP contribution in [0.4, 0.5) is 4.20 Å². The van der Waals surface area contributed by atoms with Crippen LogP contribution < -0.4 is 0 Å². The molecular weight excluding hydrogens is 226 g/mol. The maximum Gasteiger partial charge on any atom is 0.422 e. The molecule has 0 fully saturated rings. The van der Waals surface area contributed by atoms with Crippen molar-refractivity contribution in [3.8, 4) is 0 Å². The summed E-state index contributed by atoms with van der Waals surface area (Å²) in [5, 5.41) is 0. The van der Waals surface area contributed by atoms with E-state index in [-0.39, 0.29) is 0 Å². The van der Waals surface area contributed by atoms with Crippen LogP contribution in [0.5, 0.6) is 0 Å². The lowest BCUT2D eigenvalue weighted by molar-refractivity contribution is 0.457. The Labute approximate surface area is 63.2 Å². The number of hydrogen-bond donors (Lipinski definition) is 0. The van der Waals surface area contributed by atoms with Gasteiger partial charge in [0.05, 0.1) is 0 Å². The zero-order valence-electron chi connectivity index (χ0n) is 5.52. The van der Waals surface area contributed by atoms with Crippen LogP contribution in [0, 0.1) is 0 Å². The molecule has 56 valence electrons. The molecule has 0 aromatic heterocycles. The smallest absolute Gasteiger partial charge is 0.340 e. The standard InChI is InChI=1S/C3H9BrFO2PSi/c1-9(2,3)7-8(4,5)6/h1-3H3. The molecule has 6 heteroatoms. The number of rotatable bonds is 2. The van der Waals surface area contributed by atoms with E-state index in [1.165, 1.54) is 0 Å². The maximum absolute atomic E-state index is 12.2. The van der Waals surface area contributed by atoms with Crippen molar-refractivity contribution in [1.29, 1.82) is 0 Å². The third-order valence-corrected chi connectivity index (χ3v) is 4.72. The van der Waals surface area contributed by atoms with E-state index in [0.717, 1.165) is 0 Å². The molecule has 0 aliphatic carbocycles. The Bertz CT molecular complexity index is 139. The van der Waals surface area contributed by atoms with Gasteiger partial charge >= 0.3 is 6.38 Å². The minimum atomic E-state index is -3.91. The van der Waals surface area contributed by atoms with Crippen LogP contribution in [-0.2, 0) is 8.78 Å². The summed E-state index contributed by atoms with van der Waals surface area (Å²) in [5.74, 6) is 0. The van der Waals surface area contributed by atoms with Gasteiger partial charge in [0, 0.05) is 15.5 Å². The molecule has 0 saturated heterocycles. The largest absolute Gasteiger partial charge is 0.422 e. The molecule has 0 amide bonds. The summed E-state index contributed by atoms with van der Waals surface area (Å²) < 4.78 is 27.0. The Kier molecular flexibility index (Phi) is 3.08. The van der Waals surface area contributed by atoms with E-state index in [9.17, 15) is 8.76 Å². The monoisotopic (exact) mass is 234 g/mol. The fourth-order valence-corrected chi connectivity index (χ4v) is 6.78. The Morgan fingerprint density at radius 1 is 1.56 bits per heavy atom. The lowest BCUT2D eigenvalue weighted by Gasteiger charge is -2.15. The maximum atomic E-state index is 12.2. The van der Waals surface area contributed by atoms with Gasteiger partial charge < -0.3 is 4.21 Å². The average Bonchev–Trinajstić information content (AvgIpc) is 1.14. The fraction of sp³-hybridized carbons (Fsp3) is 1.00. The van der Waals surface area contributed by atoms with Crippen LogP contribution in [0.2, 0.25) is 19.6 Å². The summed E-state index contributed by atoms with van der Waals surface area (Å²) >= 11 is 2.32. The van der Waals surface area contributed by atoms with Crippen LogP contribution >= 0.6 is 21.9 Å². The van der Waals surface area contributed by atoms with Gasteiger partial charge in [-0.05, 0) is 19.6 Å². The average molecular weight is 235 g/mol. The molecule has 0 heterocycles. The summed E-state index contributed by atoms with van der Waals surface area (Å²) in [4.78, 5) is 0. The zero-order valence-corrected chi connectivity index (χ0v) is 9.00. The molecule has 0 N–H and O–H groups in total. The second kappa shape index (κ2) is 2.82. The van der Waals surface area contributed by atoms with Crippen molar-refractivity contribution in [1.82, 2.24) is 0 Å². The van der Waals surface area contributed by atoms with Crippen LogP contribution in [-0.4, -0.2) is 8.32 Å². The molecule has 0 aliphatic rings. The quantitative estimate of drug-likeness (QED) is 0.542. The summed E-state index contributed by atoms with van der Waals surface area (Å²) in [6.45, 7) is 5.29. The Morgan fingerprint density at radius 3 is 1.89 bits per heavy atom. The van der Waals surface area contributed by atoms with E-state index in [4.69, 9.17) is 0 Å². The van der Waals surface area contributed by atoms with Gasteiger partial charge in [0.15, 0.2) is 8.32 Å². The molecule has 2 nitrogen and oxygen atoms in total. The van der Waals surface area contributed by atoms with E-state index in [1.807, 2.05) is 0 Å². The van der Waals surface area contributed by atoms with E-state index < -0.39 is 14.7 Å². The first kappa shape index (κ1) is 9.82. The van der Waals surface area contributed by atoms with Crippen molar-refractivity contribution >= 4 is 30.2 Å². The molecule has 0 aromatic carbocycles. The fourth-order valence-electron chi connectivity index (χ4n) is 0.319. The Hall–Kier alpha value is 0.817. The van der Waals surface area contributed by atoms with E-state index >= 15 is 0 Å². The van der Waals surface area contributed by atoms with Crippen molar-refractivity contribution in [2.75, 3.05) is 0 Å². The van der Waals surface area contributed by atoms with Crippen molar-refractivity contribution in [2.45, 2.75) is 19.6 Å². The molecule has 0 aromatic rings. The van der Waals surface area contributed by atoms with Gasteiger partial charge in [-0.25, -0.2) is 4.57 Å². The molecule has 0 bridgehead atoms. The highest BCUT2D eigenvalue weighted by Gasteiger charge is 2.27. The second-order valence-electron chi connectivity index (χ2n) is 2.62. The van der Waals surface area contributed by atoms with Crippen molar-refractivity contribution < 1.29 is 13.0 Å². The predicted octanol–water partition coefficient (Wildman–Crippen LogP) is 3.31. The van der Waals surface area contributed by atoms with Gasteiger partial charge in [-0.1, -0.05) is 0 Å². The minimum absolute atomic E-state index is 1.76. The van der Waals surface area contributed by atoms with Gasteiger partial charge in [0.1, 0.15) is 0 Å². The third kappa shape index (κ3) is 8.82. The van der Waals surface area contributed by atoms with Crippen LogP contribution in [0.25, 0.3) is 0 Å². The van der Waals surface area contributed by atoms with Crippen LogP contribution in [0.15, 0.2) is 0 Å². The van der Waals surface area contributed by atoms with Gasteiger partial charge in [0.2, 0.25) is 0 Å². The minimum Gasteiger partial charge on any atom is -0.340 e. The number of halogens is 2. The molecule has 9 heavy (non-hydrogen) atoms. The third-order valence-electron chi connectivity index (χ3n) is 0.380. The topological polar surface area (TPSA) is 26.3 Å². The van der Waals surface area contributed by atoms with Crippen LogP contribution in [0.1, 0.15) is 0 Å². The van der Waals surface area contributed by atoms with E-state index in [0.29, 0.717) is 0 Å². The SMILES string of the molecule is C[Si](C)(C)OP(=O)(F)Br. The lowest BCUT2D eigenvalue weighted by Crippen LogP contribution is -2.21. The highest BCUT2D eigenvalue weighted by Crippen LogP contribution is 2.58. The summed E-state index contributed by atoms with van der Waals surface area (Å²) in [7, 11) is -1.98. The predicted molar refractivity (Wildman–Crippen MR) is 42.1 cm³/mol. The lowest BCUT2D eigenvalue weighted by atomic mass is 11.8. The van der Waals surface area contributed by atoms with Gasteiger partial charge in [-0.3, -0.25) is 0 Å². The van der Waals surface area contributed by atoms with E-state index in [1.54, 1.807) is 19.6 Å². The highest BCUT2D eigenvalue weighted by atomic mass is 79.9. The molecule has 1 unspecified atom stereocenters. The van der Waals surface area contributed by atoms with Gasteiger partial charge in [-0.15, -0.1) is 4.20 Å². The zero-order chi connectivity index (χ0) is 7.71. The molecule has 0 radical (unpaired) electrons. The number of hydrogen-bond acceptors (Lipinski definition) is 2. The van der Waals surface area contributed by atoms with Gasteiger partial charge in [-0.2, -0.15) is 0 Å². The summed E-state index contributed by atoms with van der Waals surface area (Å²) in [5.41, 5.74) is 0. The van der Waals surface area contributed by atoms with Crippen molar-refractivity contribution in [2.24, 2.45) is 0 Å². The highest BCUT2D eigenvalue weighted by molar-refractivity contribution is 9.39. The molecular formula is C3H9BrFO2PSi. The molecule has 0 aliphatic heterocycles. The van der Waals surface area contributed by atoms with Crippen molar-refractivity contribution in [3.63, 3.8) is 0 Å². The second-order valence-corrected chi connectivity index (χ2v) is 10.9. The van der Waals surface area contributed by atoms with Gasteiger partial charge in [0.25, 0.3) is 0 Å². The first-order valence-corrected chi connectivity index (χ1v) is 9.35. The molecule has 0 spiro atoms. The first-order chi connectivity index (χ1) is 3.71. The summed E-state index contributed by atoms with van der Waals surface area (Å²) in [6, 6.07) is 0. The Balaban J connectivity index is 3.90. The van der Waals surface area contributed by atoms with Crippen LogP contribution in [0.3, 0.4) is 0 Å². The van der Waals surface area contributed by atoms with E-state index in [2.05, 4.69) is 19.7 Å². The molecule has 0 saturated carbocycles. The Morgan fingerprint density at radius 2 is 1.89 bits per heavy atom. The molecule has 1 atom stereocenters. The molecule has 0 rings (SSSR count). The summed E-state index contributed by atoms with van der Waals surface area (Å²) in [6.07, 6.45) is -3.91.